The zero-order valence-electron chi connectivity index (χ0n) is 8.53. The molecule has 1 aromatic rings. The molecule has 0 unspecified atom stereocenters. The van der Waals surface area contributed by atoms with E-state index in [1.165, 1.54) is 7.11 Å². The Morgan fingerprint density at radius 1 is 1.47 bits per heavy atom. The van der Waals surface area contributed by atoms with Gasteiger partial charge in [-0.25, -0.2) is 4.79 Å². The summed E-state index contributed by atoms with van der Waals surface area (Å²) in [6.07, 6.45) is 0.489. The monoisotopic (exact) mass is 202 g/mol. The molecule has 0 saturated heterocycles. The third kappa shape index (κ3) is 2.68. The van der Waals surface area contributed by atoms with Crippen LogP contribution in [0.25, 0.3) is 0 Å². The van der Waals surface area contributed by atoms with Crippen LogP contribution in [-0.2, 0) is 9.53 Å². The van der Waals surface area contributed by atoms with E-state index in [4.69, 9.17) is 0 Å². The highest BCUT2D eigenvalue weighted by atomic mass is 16.5. The lowest BCUT2D eigenvalue weighted by Crippen LogP contribution is -2.04. The van der Waals surface area contributed by atoms with Gasteiger partial charge >= 0.3 is 5.97 Å². The van der Waals surface area contributed by atoms with E-state index in [9.17, 15) is 9.59 Å². The van der Waals surface area contributed by atoms with Gasteiger partial charge in [0.2, 0.25) is 0 Å². The van der Waals surface area contributed by atoms with E-state index in [1.807, 2.05) is 6.92 Å². The highest BCUT2D eigenvalue weighted by Crippen LogP contribution is 2.11. The Labute approximate surface area is 88.1 Å². The molecule has 0 aliphatic heterocycles. The third-order valence-corrected chi connectivity index (χ3v) is 1.85. The fourth-order valence-corrected chi connectivity index (χ4v) is 1.16. The van der Waals surface area contributed by atoms with Gasteiger partial charge in [0.15, 0.2) is 6.29 Å². The standard InChI is InChI=1S/C12H10O3/c1-9-5-6-11(12(14)15-2)10(8-9)4-3-7-13/h5-8H,1-2H3. The van der Waals surface area contributed by atoms with Crippen LogP contribution in [0.2, 0.25) is 0 Å². The largest absolute Gasteiger partial charge is 0.465 e. The Morgan fingerprint density at radius 2 is 2.20 bits per heavy atom. The average Bonchev–Trinajstić information content (AvgIpc) is 2.25. The summed E-state index contributed by atoms with van der Waals surface area (Å²) >= 11 is 0. The molecule has 0 heterocycles. The molecule has 15 heavy (non-hydrogen) atoms. The van der Waals surface area contributed by atoms with Crippen molar-refractivity contribution in [2.75, 3.05) is 7.11 Å². The molecule has 0 aliphatic rings. The molecule has 0 fully saturated rings. The lowest BCUT2D eigenvalue weighted by molar-refractivity contribution is -0.103. The van der Waals surface area contributed by atoms with Gasteiger partial charge in [-0.3, -0.25) is 4.79 Å². The van der Waals surface area contributed by atoms with Gasteiger partial charge in [0, 0.05) is 5.56 Å². The number of carbonyl (C=O) groups is 2. The van der Waals surface area contributed by atoms with Gasteiger partial charge in [0.05, 0.1) is 12.7 Å². The normalized spacial score (nSPS) is 8.67. The van der Waals surface area contributed by atoms with Crippen molar-refractivity contribution in [1.82, 2.24) is 0 Å². The summed E-state index contributed by atoms with van der Waals surface area (Å²) in [4.78, 5) is 21.5. The van der Waals surface area contributed by atoms with Crippen molar-refractivity contribution in [3.8, 4) is 11.8 Å². The van der Waals surface area contributed by atoms with Gasteiger partial charge in [0.1, 0.15) is 0 Å². The molecule has 1 aromatic carbocycles. The predicted octanol–water partition coefficient (Wildman–Crippen LogP) is 1.33. The Balaban J connectivity index is 3.25. The average molecular weight is 202 g/mol. The lowest BCUT2D eigenvalue weighted by Gasteiger charge is -2.03. The maximum atomic E-state index is 11.3. The van der Waals surface area contributed by atoms with Crippen LogP contribution >= 0.6 is 0 Å². The minimum Gasteiger partial charge on any atom is -0.465 e. The van der Waals surface area contributed by atoms with Crippen LogP contribution in [-0.4, -0.2) is 19.4 Å². The van der Waals surface area contributed by atoms with Gasteiger partial charge in [-0.1, -0.05) is 12.0 Å². The number of hydrogen-bond acceptors (Lipinski definition) is 3. The fraction of sp³-hybridized carbons (Fsp3) is 0.167. The molecule has 76 valence electrons. The van der Waals surface area contributed by atoms with Crippen molar-refractivity contribution >= 4 is 12.3 Å². The van der Waals surface area contributed by atoms with Crippen molar-refractivity contribution < 1.29 is 14.3 Å². The van der Waals surface area contributed by atoms with Gasteiger partial charge in [-0.15, -0.1) is 0 Å². The van der Waals surface area contributed by atoms with Gasteiger partial charge in [0.25, 0.3) is 0 Å². The summed E-state index contributed by atoms with van der Waals surface area (Å²) in [5.41, 5.74) is 1.85. The van der Waals surface area contributed by atoms with Crippen molar-refractivity contribution in [1.29, 1.82) is 0 Å². The second-order valence-electron chi connectivity index (χ2n) is 2.93. The van der Waals surface area contributed by atoms with Crippen LogP contribution in [0.1, 0.15) is 21.5 Å². The quantitative estimate of drug-likeness (QED) is 0.392. The number of methoxy groups -OCH3 is 1. The number of benzene rings is 1. The molecular formula is C12H10O3. The molecule has 1 rings (SSSR count). The second kappa shape index (κ2) is 4.97. The Morgan fingerprint density at radius 3 is 2.80 bits per heavy atom. The van der Waals surface area contributed by atoms with E-state index in [0.717, 1.165) is 5.56 Å². The molecular weight excluding hydrogens is 192 g/mol. The molecule has 0 atom stereocenters. The topological polar surface area (TPSA) is 43.4 Å². The summed E-state index contributed by atoms with van der Waals surface area (Å²) in [6, 6.07) is 5.16. The number of rotatable bonds is 1. The minimum absolute atomic E-state index is 0.373. The third-order valence-electron chi connectivity index (χ3n) is 1.85. The summed E-state index contributed by atoms with van der Waals surface area (Å²) < 4.78 is 4.60. The molecule has 3 heteroatoms. The first-order valence-electron chi connectivity index (χ1n) is 4.33. The van der Waals surface area contributed by atoms with Crippen LogP contribution in [0.5, 0.6) is 0 Å². The zero-order chi connectivity index (χ0) is 11.3. The highest BCUT2D eigenvalue weighted by Gasteiger charge is 2.09. The molecule has 3 nitrogen and oxygen atoms in total. The molecule has 0 aliphatic carbocycles. The van der Waals surface area contributed by atoms with Crippen LogP contribution in [0.3, 0.4) is 0 Å². The van der Waals surface area contributed by atoms with Crippen molar-refractivity contribution in [3.05, 3.63) is 34.9 Å². The van der Waals surface area contributed by atoms with Crippen LogP contribution < -0.4 is 0 Å². The predicted molar refractivity (Wildman–Crippen MR) is 55.5 cm³/mol. The number of aryl methyl sites for hydroxylation is 1. The molecule has 0 aromatic heterocycles. The van der Waals surface area contributed by atoms with Gasteiger partial charge < -0.3 is 4.74 Å². The Kier molecular flexibility index (Phi) is 3.64. The number of hydrogen-bond donors (Lipinski definition) is 0. The maximum Gasteiger partial charge on any atom is 0.339 e. The van der Waals surface area contributed by atoms with Gasteiger partial charge in [-0.05, 0) is 30.5 Å². The van der Waals surface area contributed by atoms with E-state index in [0.29, 0.717) is 17.4 Å². The van der Waals surface area contributed by atoms with Crippen LogP contribution in [0.4, 0.5) is 0 Å². The maximum absolute atomic E-state index is 11.3. The highest BCUT2D eigenvalue weighted by molar-refractivity contribution is 5.92. The number of aldehydes is 1. The fourth-order valence-electron chi connectivity index (χ4n) is 1.16. The van der Waals surface area contributed by atoms with E-state index < -0.39 is 5.97 Å². The smallest absolute Gasteiger partial charge is 0.339 e. The second-order valence-corrected chi connectivity index (χ2v) is 2.93. The van der Waals surface area contributed by atoms with Crippen molar-refractivity contribution in [3.63, 3.8) is 0 Å². The Hall–Kier alpha value is -2.08. The van der Waals surface area contributed by atoms with Crippen LogP contribution in [0, 0.1) is 18.8 Å². The first-order valence-corrected chi connectivity index (χ1v) is 4.33. The number of esters is 1. The van der Waals surface area contributed by atoms with Crippen LogP contribution in [0.15, 0.2) is 18.2 Å². The zero-order valence-corrected chi connectivity index (χ0v) is 8.53. The molecule has 0 spiro atoms. The number of carbonyl (C=O) groups excluding carboxylic acids is 2. The number of ether oxygens (including phenoxy) is 1. The molecule has 0 bridgehead atoms. The summed E-state index contributed by atoms with van der Waals surface area (Å²) in [5, 5.41) is 0. The minimum atomic E-state index is -0.454. The molecule has 0 N–H and O–H groups in total. The van der Waals surface area contributed by atoms with E-state index in [-0.39, 0.29) is 0 Å². The van der Waals surface area contributed by atoms with E-state index in [2.05, 4.69) is 16.6 Å². The summed E-state index contributed by atoms with van der Waals surface area (Å²) in [5.74, 6) is 4.42. The van der Waals surface area contributed by atoms with E-state index in [1.54, 1.807) is 18.2 Å². The van der Waals surface area contributed by atoms with Gasteiger partial charge in [-0.2, -0.15) is 0 Å². The SMILES string of the molecule is COC(=O)c1ccc(C)cc1C#CC=O. The molecule has 0 saturated carbocycles. The molecule has 0 radical (unpaired) electrons. The molecule has 0 amide bonds. The van der Waals surface area contributed by atoms with E-state index >= 15 is 0 Å². The Bertz CT molecular complexity index is 450. The summed E-state index contributed by atoms with van der Waals surface area (Å²) in [7, 11) is 1.30. The summed E-state index contributed by atoms with van der Waals surface area (Å²) in [6.45, 7) is 1.88. The first-order chi connectivity index (χ1) is 7.19. The first kappa shape index (κ1) is 11.0. The lowest BCUT2D eigenvalue weighted by atomic mass is 10.1. The van der Waals surface area contributed by atoms with Crippen molar-refractivity contribution in [2.45, 2.75) is 6.92 Å². The van der Waals surface area contributed by atoms with Crippen molar-refractivity contribution in [2.24, 2.45) is 0 Å².